The van der Waals surface area contributed by atoms with Gasteiger partial charge in [0.25, 0.3) is 0 Å². The van der Waals surface area contributed by atoms with E-state index in [9.17, 15) is 9.90 Å². The molecule has 154 valence electrons. The fourth-order valence-electron chi connectivity index (χ4n) is 5.75. The van der Waals surface area contributed by atoms with Crippen LogP contribution < -0.4 is 0 Å². The zero-order valence-electron chi connectivity index (χ0n) is 16.7. The first-order chi connectivity index (χ1) is 14.2. The molecule has 0 spiro atoms. The van der Waals surface area contributed by atoms with E-state index in [4.69, 9.17) is 4.74 Å². The molecule has 2 saturated carbocycles. The van der Waals surface area contributed by atoms with Crippen molar-refractivity contribution < 1.29 is 14.6 Å². The summed E-state index contributed by atoms with van der Waals surface area (Å²) < 4.78 is 6.14. The second kappa shape index (κ2) is 7.86. The Bertz CT molecular complexity index is 833. The Morgan fingerprint density at radius 1 is 1.10 bits per heavy atom. The van der Waals surface area contributed by atoms with Crippen LogP contribution in [-0.4, -0.2) is 34.7 Å². The highest BCUT2D eigenvalue weighted by Gasteiger charge is 2.54. The topological polar surface area (TPSA) is 49.8 Å². The number of likely N-dealkylation sites (tertiary alicyclic amines) is 1. The molecule has 2 aliphatic carbocycles. The van der Waals surface area contributed by atoms with Gasteiger partial charge in [0.05, 0.1) is 0 Å². The van der Waals surface area contributed by atoms with Crippen molar-refractivity contribution >= 4 is 17.3 Å². The zero-order chi connectivity index (χ0) is 19.8. The van der Waals surface area contributed by atoms with Crippen LogP contribution in [0.4, 0.5) is 0 Å². The van der Waals surface area contributed by atoms with E-state index in [0.29, 0.717) is 5.92 Å². The lowest BCUT2D eigenvalue weighted by molar-refractivity contribution is -0.180. The van der Waals surface area contributed by atoms with E-state index in [1.807, 2.05) is 23.6 Å². The zero-order valence-corrected chi connectivity index (χ0v) is 17.5. The van der Waals surface area contributed by atoms with Gasteiger partial charge in [-0.2, -0.15) is 0 Å². The third kappa shape index (κ3) is 3.43. The van der Waals surface area contributed by atoms with E-state index in [2.05, 4.69) is 29.2 Å². The summed E-state index contributed by atoms with van der Waals surface area (Å²) >= 11 is 1.46. The molecule has 2 heterocycles. The Kier molecular flexibility index (Phi) is 5.23. The minimum Gasteiger partial charge on any atom is -0.458 e. The molecule has 3 aliphatic rings. The van der Waals surface area contributed by atoms with E-state index in [1.165, 1.54) is 16.9 Å². The Morgan fingerprint density at radius 2 is 1.90 bits per heavy atom. The van der Waals surface area contributed by atoms with Gasteiger partial charge in [0.2, 0.25) is 0 Å². The molecule has 1 N–H and O–H groups in total. The summed E-state index contributed by atoms with van der Waals surface area (Å²) in [6.07, 6.45) is 6.00. The maximum Gasteiger partial charge on any atom is 0.344 e. The monoisotopic (exact) mass is 411 g/mol. The van der Waals surface area contributed by atoms with Gasteiger partial charge in [-0.3, -0.25) is 4.90 Å². The summed E-state index contributed by atoms with van der Waals surface area (Å²) in [5, 5.41) is 13.6. The molecule has 2 aromatic rings. The first-order valence-corrected chi connectivity index (χ1v) is 11.8. The quantitative estimate of drug-likeness (QED) is 0.719. The van der Waals surface area contributed by atoms with E-state index in [0.717, 1.165) is 56.5 Å². The number of rotatable bonds is 6. The lowest BCUT2D eigenvalue weighted by Gasteiger charge is -2.33. The predicted molar refractivity (Wildman–Crippen MR) is 113 cm³/mol. The molecule has 5 heteroatoms. The molecule has 29 heavy (non-hydrogen) atoms. The third-order valence-corrected chi connectivity index (χ3v) is 8.24. The van der Waals surface area contributed by atoms with Gasteiger partial charge < -0.3 is 9.84 Å². The van der Waals surface area contributed by atoms with Crippen molar-refractivity contribution in [1.82, 2.24) is 4.90 Å². The van der Waals surface area contributed by atoms with E-state index in [1.54, 1.807) is 0 Å². The van der Waals surface area contributed by atoms with Gasteiger partial charge in [0.1, 0.15) is 6.10 Å². The molecule has 4 nitrogen and oxygen atoms in total. The van der Waals surface area contributed by atoms with Gasteiger partial charge in [-0.05, 0) is 42.7 Å². The molecular formula is C24H29NO3S. The first kappa shape index (κ1) is 19.3. The number of carbonyl (C=O) groups is 1. The average Bonchev–Trinajstić information content (AvgIpc) is 3.54. The van der Waals surface area contributed by atoms with Crippen LogP contribution in [0.1, 0.15) is 49.0 Å². The van der Waals surface area contributed by atoms with Crippen LogP contribution in [0.15, 0.2) is 47.8 Å². The smallest absolute Gasteiger partial charge is 0.344 e. The number of piperidine rings is 1. The summed E-state index contributed by atoms with van der Waals surface area (Å²) in [6, 6.07) is 14.6. The molecule has 0 amide bonds. The van der Waals surface area contributed by atoms with Crippen molar-refractivity contribution in [3.05, 3.63) is 58.3 Å². The Labute approximate surface area is 176 Å². The van der Waals surface area contributed by atoms with Crippen molar-refractivity contribution in [1.29, 1.82) is 0 Å². The van der Waals surface area contributed by atoms with Crippen molar-refractivity contribution in [2.24, 2.45) is 11.8 Å². The van der Waals surface area contributed by atoms with Crippen molar-refractivity contribution in [3.63, 3.8) is 0 Å². The molecule has 5 rings (SSSR count). The minimum absolute atomic E-state index is 0.0341. The van der Waals surface area contributed by atoms with Crippen LogP contribution >= 0.6 is 11.3 Å². The van der Waals surface area contributed by atoms with Gasteiger partial charge in [-0.25, -0.2) is 4.79 Å². The molecule has 2 bridgehead atoms. The fourth-order valence-corrected chi connectivity index (χ4v) is 6.64. The Balaban J connectivity index is 1.33. The third-order valence-electron chi connectivity index (χ3n) is 7.24. The minimum atomic E-state index is -1.49. The van der Waals surface area contributed by atoms with Crippen LogP contribution in [-0.2, 0) is 21.7 Å². The van der Waals surface area contributed by atoms with E-state index < -0.39 is 11.6 Å². The van der Waals surface area contributed by atoms with E-state index in [-0.39, 0.29) is 18.1 Å². The van der Waals surface area contributed by atoms with Gasteiger partial charge in [0.15, 0.2) is 5.60 Å². The van der Waals surface area contributed by atoms with Crippen LogP contribution in [0.25, 0.3) is 0 Å². The van der Waals surface area contributed by atoms with Gasteiger partial charge >= 0.3 is 5.97 Å². The molecular weight excluding hydrogens is 382 g/mol. The molecule has 1 saturated heterocycles. The molecule has 4 atom stereocenters. The number of carbonyl (C=O) groups excluding carboxylic acids is 1. The number of aliphatic hydroxyl groups is 1. The van der Waals surface area contributed by atoms with Crippen molar-refractivity contribution in [3.8, 4) is 0 Å². The fraction of sp³-hybridized carbons (Fsp3) is 0.542. The van der Waals surface area contributed by atoms with Crippen molar-refractivity contribution in [2.75, 3.05) is 6.54 Å². The maximum absolute atomic E-state index is 13.4. The molecule has 0 radical (unpaired) electrons. The lowest BCUT2D eigenvalue weighted by Crippen LogP contribution is -2.46. The second-order valence-electron chi connectivity index (χ2n) is 8.91. The number of hydrogen-bond donors (Lipinski definition) is 1. The van der Waals surface area contributed by atoms with Gasteiger partial charge in [-0.1, -0.05) is 49.2 Å². The van der Waals surface area contributed by atoms with Crippen LogP contribution in [0.2, 0.25) is 0 Å². The Morgan fingerprint density at radius 3 is 2.62 bits per heavy atom. The molecule has 1 aromatic carbocycles. The lowest BCUT2D eigenvalue weighted by atomic mass is 9.84. The van der Waals surface area contributed by atoms with Crippen molar-refractivity contribution in [2.45, 2.75) is 62.8 Å². The molecule has 4 unspecified atom stereocenters. The normalized spacial score (nSPS) is 29.2. The number of benzene rings is 1. The summed E-state index contributed by atoms with van der Waals surface area (Å²) in [5.74, 6) is -0.0766. The van der Waals surface area contributed by atoms with E-state index >= 15 is 0 Å². The standard InChI is InChI=1S/C24H29NO3S/c26-23(24(27,19-9-4-5-10-19)21-11-6-14-29-21)28-22-18-12-13-20(22)25(16-18)15-17-7-2-1-3-8-17/h1-3,6-8,11,14,18-20,22,27H,4-5,9-10,12-13,15-16H2. The highest BCUT2D eigenvalue weighted by atomic mass is 32.1. The van der Waals surface area contributed by atoms with Crippen LogP contribution in [0.3, 0.4) is 0 Å². The van der Waals surface area contributed by atoms with Gasteiger partial charge in [-0.15, -0.1) is 11.3 Å². The second-order valence-corrected chi connectivity index (χ2v) is 9.86. The SMILES string of the molecule is O=C(OC1C2CCC1N(Cc1ccccc1)C2)C(O)(c1cccs1)C1CCCC1. The van der Waals surface area contributed by atoms with Gasteiger partial charge in [0, 0.05) is 35.8 Å². The summed E-state index contributed by atoms with van der Waals surface area (Å²) in [4.78, 5) is 16.6. The number of hydrogen-bond acceptors (Lipinski definition) is 5. The highest BCUT2D eigenvalue weighted by Crippen LogP contribution is 2.46. The largest absolute Gasteiger partial charge is 0.458 e. The number of thiophene rings is 1. The summed E-state index contributed by atoms with van der Waals surface area (Å²) in [7, 11) is 0. The Hall–Kier alpha value is -1.69. The number of nitrogens with zero attached hydrogens (tertiary/aromatic N) is 1. The number of esters is 1. The molecule has 1 aromatic heterocycles. The number of ether oxygens (including phenoxy) is 1. The average molecular weight is 412 g/mol. The highest BCUT2D eigenvalue weighted by molar-refractivity contribution is 7.10. The van der Waals surface area contributed by atoms with Crippen LogP contribution in [0, 0.1) is 11.8 Å². The maximum atomic E-state index is 13.4. The number of fused-ring (bicyclic) bond motifs is 2. The predicted octanol–water partition coefficient (Wildman–Crippen LogP) is 4.33. The molecule has 3 fully saturated rings. The van der Waals surface area contributed by atoms with Crippen LogP contribution in [0.5, 0.6) is 0 Å². The molecule has 1 aliphatic heterocycles. The summed E-state index contributed by atoms with van der Waals surface area (Å²) in [5.41, 5.74) is -0.192. The first-order valence-electron chi connectivity index (χ1n) is 10.9. The summed E-state index contributed by atoms with van der Waals surface area (Å²) in [6.45, 7) is 1.87.